The Hall–Kier alpha value is -1.68. The molecule has 19 heavy (non-hydrogen) atoms. The highest BCUT2D eigenvalue weighted by molar-refractivity contribution is 5.34. The standard InChI is InChI=1S/C16H17NO2/c17-11-15-12-18-16(19-15,13-7-3-1-4-8-13)14-9-5-2-6-10-14/h1-10,15H,11-12,17H2/t15-/m0/s1. The Morgan fingerprint density at radius 2 is 1.47 bits per heavy atom. The lowest BCUT2D eigenvalue weighted by molar-refractivity contribution is -0.141. The maximum absolute atomic E-state index is 6.12. The van der Waals surface area contributed by atoms with Crippen molar-refractivity contribution in [3.05, 3.63) is 71.8 Å². The summed E-state index contributed by atoms with van der Waals surface area (Å²) in [5, 5.41) is 0. The highest BCUT2D eigenvalue weighted by Gasteiger charge is 2.44. The molecule has 1 fully saturated rings. The van der Waals surface area contributed by atoms with Gasteiger partial charge in [0.1, 0.15) is 0 Å². The van der Waals surface area contributed by atoms with Gasteiger partial charge in [0, 0.05) is 17.7 Å². The van der Waals surface area contributed by atoms with Gasteiger partial charge in [-0.3, -0.25) is 0 Å². The van der Waals surface area contributed by atoms with Crippen molar-refractivity contribution in [1.82, 2.24) is 0 Å². The van der Waals surface area contributed by atoms with E-state index in [1.54, 1.807) is 0 Å². The van der Waals surface area contributed by atoms with Crippen molar-refractivity contribution in [1.29, 1.82) is 0 Å². The fraction of sp³-hybridized carbons (Fsp3) is 0.250. The van der Waals surface area contributed by atoms with E-state index in [-0.39, 0.29) is 6.10 Å². The normalized spacial score (nSPS) is 21.4. The Balaban J connectivity index is 2.07. The molecule has 0 spiro atoms. The Kier molecular flexibility index (Phi) is 3.34. The molecule has 0 unspecified atom stereocenters. The van der Waals surface area contributed by atoms with Crippen molar-refractivity contribution in [2.45, 2.75) is 11.9 Å². The summed E-state index contributed by atoms with van der Waals surface area (Å²) in [5.74, 6) is -0.827. The number of hydrogen-bond donors (Lipinski definition) is 1. The summed E-state index contributed by atoms with van der Waals surface area (Å²) >= 11 is 0. The molecule has 0 aromatic heterocycles. The molecule has 0 radical (unpaired) electrons. The number of benzene rings is 2. The average Bonchev–Trinajstić information content (AvgIpc) is 2.95. The predicted octanol–water partition coefficient (Wildman–Crippen LogP) is 2.26. The highest BCUT2D eigenvalue weighted by Crippen LogP contribution is 2.40. The first-order valence-electron chi connectivity index (χ1n) is 6.48. The Labute approximate surface area is 113 Å². The molecule has 2 aromatic carbocycles. The lowest BCUT2D eigenvalue weighted by Gasteiger charge is -2.29. The molecule has 2 N–H and O–H groups in total. The van der Waals surface area contributed by atoms with Crippen LogP contribution in [0, 0.1) is 0 Å². The molecule has 0 amide bonds. The zero-order valence-electron chi connectivity index (χ0n) is 10.7. The molecule has 0 saturated carbocycles. The lowest BCUT2D eigenvalue weighted by Crippen LogP contribution is -2.31. The van der Waals surface area contributed by atoms with Crippen molar-refractivity contribution in [2.24, 2.45) is 5.73 Å². The van der Waals surface area contributed by atoms with Gasteiger partial charge in [0.2, 0.25) is 5.79 Å². The minimum absolute atomic E-state index is 0.0691. The van der Waals surface area contributed by atoms with Crippen molar-refractivity contribution in [3.8, 4) is 0 Å². The molecule has 3 nitrogen and oxygen atoms in total. The summed E-state index contributed by atoms with van der Waals surface area (Å²) in [6, 6.07) is 20.0. The molecule has 2 aromatic rings. The second kappa shape index (κ2) is 5.13. The van der Waals surface area contributed by atoms with Crippen LogP contribution in [0.1, 0.15) is 11.1 Å². The average molecular weight is 255 g/mol. The molecule has 1 aliphatic rings. The SMILES string of the molecule is NC[C@H]1COC(c2ccccc2)(c2ccccc2)O1. The van der Waals surface area contributed by atoms with Gasteiger partial charge in [0.15, 0.2) is 0 Å². The third-order valence-corrected chi connectivity index (χ3v) is 3.38. The van der Waals surface area contributed by atoms with Gasteiger partial charge in [-0.25, -0.2) is 0 Å². The van der Waals surface area contributed by atoms with E-state index < -0.39 is 5.79 Å². The van der Waals surface area contributed by atoms with Crippen LogP contribution in [0.2, 0.25) is 0 Å². The van der Waals surface area contributed by atoms with Crippen molar-refractivity contribution >= 4 is 0 Å². The first kappa shape index (κ1) is 12.4. The minimum atomic E-state index is -0.827. The summed E-state index contributed by atoms with van der Waals surface area (Å²) < 4.78 is 12.1. The smallest absolute Gasteiger partial charge is 0.222 e. The zero-order valence-corrected chi connectivity index (χ0v) is 10.7. The van der Waals surface area contributed by atoms with E-state index in [0.29, 0.717) is 13.2 Å². The fourth-order valence-electron chi connectivity index (χ4n) is 2.41. The van der Waals surface area contributed by atoms with E-state index in [9.17, 15) is 0 Å². The maximum atomic E-state index is 6.12. The summed E-state index contributed by atoms with van der Waals surface area (Å²) in [6.45, 7) is 0.974. The van der Waals surface area contributed by atoms with Gasteiger partial charge in [-0.2, -0.15) is 0 Å². The summed E-state index contributed by atoms with van der Waals surface area (Å²) in [7, 11) is 0. The van der Waals surface area contributed by atoms with Gasteiger partial charge < -0.3 is 15.2 Å². The van der Waals surface area contributed by atoms with E-state index >= 15 is 0 Å². The van der Waals surface area contributed by atoms with Gasteiger partial charge >= 0.3 is 0 Å². The van der Waals surface area contributed by atoms with Crippen LogP contribution in [0.25, 0.3) is 0 Å². The third kappa shape index (κ3) is 2.16. The van der Waals surface area contributed by atoms with Gasteiger partial charge in [0.25, 0.3) is 0 Å². The molecule has 98 valence electrons. The highest BCUT2D eigenvalue weighted by atomic mass is 16.7. The number of hydrogen-bond acceptors (Lipinski definition) is 3. The van der Waals surface area contributed by atoms with E-state index in [0.717, 1.165) is 11.1 Å². The van der Waals surface area contributed by atoms with E-state index in [1.807, 2.05) is 60.7 Å². The maximum Gasteiger partial charge on any atom is 0.222 e. The van der Waals surface area contributed by atoms with Gasteiger partial charge in [0.05, 0.1) is 12.7 Å². The summed E-state index contributed by atoms with van der Waals surface area (Å²) in [4.78, 5) is 0. The van der Waals surface area contributed by atoms with Gasteiger partial charge in [-0.15, -0.1) is 0 Å². The molecule has 1 heterocycles. The first-order valence-corrected chi connectivity index (χ1v) is 6.48. The summed E-state index contributed by atoms with van der Waals surface area (Å²) in [5.41, 5.74) is 7.70. The molecule has 1 atom stereocenters. The van der Waals surface area contributed by atoms with Crippen LogP contribution in [-0.4, -0.2) is 19.3 Å². The Morgan fingerprint density at radius 1 is 0.947 bits per heavy atom. The number of ether oxygens (including phenoxy) is 2. The largest absolute Gasteiger partial charge is 0.339 e. The topological polar surface area (TPSA) is 44.5 Å². The first-order chi connectivity index (χ1) is 9.35. The fourth-order valence-corrected chi connectivity index (χ4v) is 2.41. The zero-order chi connectivity index (χ0) is 13.1. The molecule has 3 heteroatoms. The third-order valence-electron chi connectivity index (χ3n) is 3.38. The van der Waals surface area contributed by atoms with Crippen LogP contribution >= 0.6 is 0 Å². The summed E-state index contributed by atoms with van der Waals surface area (Å²) in [6.07, 6.45) is -0.0691. The molecule has 1 saturated heterocycles. The van der Waals surface area contributed by atoms with Crippen molar-refractivity contribution < 1.29 is 9.47 Å². The molecule has 0 bridgehead atoms. The second-order valence-corrected chi connectivity index (χ2v) is 4.64. The van der Waals surface area contributed by atoms with Crippen LogP contribution in [0.4, 0.5) is 0 Å². The number of nitrogens with two attached hydrogens (primary N) is 1. The monoisotopic (exact) mass is 255 g/mol. The molecule has 1 aliphatic heterocycles. The van der Waals surface area contributed by atoms with E-state index in [2.05, 4.69) is 0 Å². The minimum Gasteiger partial charge on any atom is -0.339 e. The van der Waals surface area contributed by atoms with Crippen molar-refractivity contribution in [3.63, 3.8) is 0 Å². The Bertz CT molecular complexity index is 487. The van der Waals surface area contributed by atoms with Crippen LogP contribution in [0.5, 0.6) is 0 Å². The Morgan fingerprint density at radius 3 is 1.89 bits per heavy atom. The predicted molar refractivity (Wildman–Crippen MR) is 73.5 cm³/mol. The van der Waals surface area contributed by atoms with E-state index in [4.69, 9.17) is 15.2 Å². The molecule has 3 rings (SSSR count). The quantitative estimate of drug-likeness (QED) is 0.915. The van der Waals surface area contributed by atoms with Crippen LogP contribution < -0.4 is 5.73 Å². The lowest BCUT2D eigenvalue weighted by atomic mass is 9.97. The van der Waals surface area contributed by atoms with Crippen LogP contribution in [0.15, 0.2) is 60.7 Å². The van der Waals surface area contributed by atoms with Gasteiger partial charge in [-0.05, 0) is 0 Å². The molecular weight excluding hydrogens is 238 g/mol. The van der Waals surface area contributed by atoms with Gasteiger partial charge in [-0.1, -0.05) is 60.7 Å². The second-order valence-electron chi connectivity index (χ2n) is 4.64. The van der Waals surface area contributed by atoms with E-state index in [1.165, 1.54) is 0 Å². The van der Waals surface area contributed by atoms with Crippen LogP contribution in [0.3, 0.4) is 0 Å². The van der Waals surface area contributed by atoms with Crippen molar-refractivity contribution in [2.75, 3.05) is 13.2 Å². The molecule has 0 aliphatic carbocycles. The van der Waals surface area contributed by atoms with Crippen LogP contribution in [-0.2, 0) is 15.3 Å². The number of rotatable bonds is 3. The molecular formula is C16H17NO2.